The Bertz CT molecular complexity index is 664. The molecule has 0 aliphatic rings. The maximum atomic E-state index is 12.6. The highest BCUT2D eigenvalue weighted by atomic mass is 32.1. The number of hydrogen-bond donors (Lipinski definition) is 2. The number of carbonyl (C=O) groups is 1. The van der Waals surface area contributed by atoms with Gasteiger partial charge in [-0.05, 0) is 42.1 Å². The van der Waals surface area contributed by atoms with Gasteiger partial charge in [0, 0.05) is 10.6 Å². The lowest BCUT2D eigenvalue weighted by atomic mass is 10.1. The molecule has 0 unspecified atom stereocenters. The third kappa shape index (κ3) is 3.75. The van der Waals surface area contributed by atoms with Crippen molar-refractivity contribution in [2.24, 2.45) is 0 Å². The van der Waals surface area contributed by atoms with Gasteiger partial charge in [0.2, 0.25) is 0 Å². The van der Waals surface area contributed by atoms with Gasteiger partial charge in [-0.25, -0.2) is 0 Å². The number of carboxylic acids is 1. The maximum Gasteiger partial charge on any atom is 0.416 e. The molecule has 2 N–H and O–H groups in total. The summed E-state index contributed by atoms with van der Waals surface area (Å²) in [6, 6.07) is 5.12. The minimum absolute atomic E-state index is 0.125. The Morgan fingerprint density at radius 3 is 2.57 bits per heavy atom. The molecule has 3 nitrogen and oxygen atoms in total. The number of anilines is 2. The lowest BCUT2D eigenvalue weighted by Crippen LogP contribution is -2.06. The normalized spacial score (nSPS) is 11.4. The van der Waals surface area contributed by atoms with E-state index in [1.165, 1.54) is 17.4 Å². The topological polar surface area (TPSA) is 49.3 Å². The van der Waals surface area contributed by atoms with E-state index in [2.05, 4.69) is 5.32 Å². The minimum Gasteiger partial charge on any atom is -0.481 e. The van der Waals surface area contributed by atoms with E-state index in [9.17, 15) is 18.0 Å². The van der Waals surface area contributed by atoms with Gasteiger partial charge in [0.25, 0.3) is 0 Å². The summed E-state index contributed by atoms with van der Waals surface area (Å²) in [6.07, 6.45) is -4.50. The number of alkyl halides is 3. The average Bonchev–Trinajstić information content (AvgIpc) is 2.77. The Morgan fingerprint density at radius 2 is 2.00 bits per heavy atom. The van der Waals surface area contributed by atoms with Crippen molar-refractivity contribution in [3.8, 4) is 0 Å². The SMILES string of the molecule is Cc1cc(C(F)(F)F)ccc1Nc1ccsc1CC(=O)O. The molecule has 1 heterocycles. The van der Waals surface area contributed by atoms with Crippen molar-refractivity contribution in [3.63, 3.8) is 0 Å². The zero-order valence-electron chi connectivity index (χ0n) is 11.0. The fraction of sp³-hybridized carbons (Fsp3) is 0.214. The second-order valence-corrected chi connectivity index (χ2v) is 5.48. The summed E-state index contributed by atoms with van der Waals surface area (Å²) in [5.74, 6) is -0.954. The van der Waals surface area contributed by atoms with E-state index < -0.39 is 17.7 Å². The van der Waals surface area contributed by atoms with Crippen molar-refractivity contribution in [1.29, 1.82) is 0 Å². The third-order valence-corrected chi connectivity index (χ3v) is 3.80. The zero-order chi connectivity index (χ0) is 15.6. The molecule has 21 heavy (non-hydrogen) atoms. The molecule has 0 amide bonds. The number of aliphatic carboxylic acids is 1. The molecule has 0 aliphatic carbocycles. The molecule has 0 bridgehead atoms. The van der Waals surface area contributed by atoms with Gasteiger partial charge in [-0.3, -0.25) is 4.79 Å². The number of benzene rings is 1. The lowest BCUT2D eigenvalue weighted by molar-refractivity contribution is -0.138. The maximum absolute atomic E-state index is 12.6. The van der Waals surface area contributed by atoms with E-state index in [0.29, 0.717) is 21.8 Å². The largest absolute Gasteiger partial charge is 0.481 e. The molecule has 0 radical (unpaired) electrons. The number of carboxylic acid groups (broad SMARTS) is 1. The van der Waals surface area contributed by atoms with Gasteiger partial charge in [0.15, 0.2) is 0 Å². The predicted molar refractivity (Wildman–Crippen MR) is 75.1 cm³/mol. The van der Waals surface area contributed by atoms with Crippen molar-refractivity contribution in [2.45, 2.75) is 19.5 Å². The quantitative estimate of drug-likeness (QED) is 0.876. The van der Waals surface area contributed by atoms with Gasteiger partial charge >= 0.3 is 12.1 Å². The molecule has 0 saturated carbocycles. The van der Waals surface area contributed by atoms with Crippen LogP contribution in [0.4, 0.5) is 24.5 Å². The van der Waals surface area contributed by atoms with Crippen LogP contribution in [0, 0.1) is 6.92 Å². The van der Waals surface area contributed by atoms with E-state index >= 15 is 0 Å². The number of hydrogen-bond acceptors (Lipinski definition) is 3. The first kappa shape index (κ1) is 15.4. The molecular weight excluding hydrogens is 303 g/mol. The lowest BCUT2D eigenvalue weighted by Gasteiger charge is -2.13. The summed E-state index contributed by atoms with van der Waals surface area (Å²) in [6.45, 7) is 1.57. The van der Waals surface area contributed by atoms with Crippen LogP contribution in [-0.4, -0.2) is 11.1 Å². The summed E-state index contributed by atoms with van der Waals surface area (Å²) in [4.78, 5) is 11.4. The molecule has 0 saturated heterocycles. The van der Waals surface area contributed by atoms with Gasteiger partial charge in [0.1, 0.15) is 0 Å². The van der Waals surface area contributed by atoms with Crippen LogP contribution < -0.4 is 5.32 Å². The van der Waals surface area contributed by atoms with Gasteiger partial charge < -0.3 is 10.4 Å². The molecule has 1 aromatic heterocycles. The van der Waals surface area contributed by atoms with Gasteiger partial charge in [0.05, 0.1) is 17.7 Å². The summed E-state index contributed by atoms with van der Waals surface area (Å²) >= 11 is 1.29. The number of nitrogens with one attached hydrogen (secondary N) is 1. The van der Waals surface area contributed by atoms with E-state index in [4.69, 9.17) is 5.11 Å². The van der Waals surface area contributed by atoms with Crippen LogP contribution in [0.1, 0.15) is 16.0 Å². The molecule has 0 atom stereocenters. The van der Waals surface area contributed by atoms with Crippen molar-refractivity contribution in [3.05, 3.63) is 45.6 Å². The summed E-state index contributed by atoms with van der Waals surface area (Å²) in [7, 11) is 0. The van der Waals surface area contributed by atoms with Crippen molar-refractivity contribution < 1.29 is 23.1 Å². The second kappa shape index (κ2) is 5.77. The monoisotopic (exact) mass is 315 g/mol. The first-order valence-electron chi connectivity index (χ1n) is 6.00. The fourth-order valence-corrected chi connectivity index (χ4v) is 2.67. The van der Waals surface area contributed by atoms with E-state index in [1.807, 2.05) is 0 Å². The van der Waals surface area contributed by atoms with Gasteiger partial charge in [-0.2, -0.15) is 13.2 Å². The molecular formula is C14H12F3NO2S. The summed E-state index contributed by atoms with van der Waals surface area (Å²) < 4.78 is 37.8. The minimum atomic E-state index is -4.37. The highest BCUT2D eigenvalue weighted by Crippen LogP contribution is 2.33. The Balaban J connectivity index is 2.25. The third-order valence-electron chi connectivity index (χ3n) is 2.88. The summed E-state index contributed by atoms with van der Waals surface area (Å²) in [5, 5.41) is 13.5. The number of rotatable bonds is 4. The van der Waals surface area contributed by atoms with Crippen molar-refractivity contribution in [2.75, 3.05) is 5.32 Å². The fourth-order valence-electron chi connectivity index (χ4n) is 1.85. The standard InChI is InChI=1S/C14H12F3NO2S/c1-8-6-9(14(15,16)17)2-3-10(8)18-11-4-5-21-12(11)7-13(19)20/h2-6,18H,7H2,1H3,(H,19,20). The highest BCUT2D eigenvalue weighted by molar-refractivity contribution is 7.10. The molecule has 0 spiro atoms. The molecule has 0 aliphatic heterocycles. The van der Waals surface area contributed by atoms with Gasteiger partial charge in [-0.15, -0.1) is 11.3 Å². The van der Waals surface area contributed by atoms with Crippen LogP contribution in [0.3, 0.4) is 0 Å². The van der Waals surface area contributed by atoms with Crippen LogP contribution >= 0.6 is 11.3 Å². The van der Waals surface area contributed by atoms with Crippen molar-refractivity contribution in [1.82, 2.24) is 0 Å². The Hall–Kier alpha value is -2.02. The van der Waals surface area contributed by atoms with E-state index in [1.54, 1.807) is 18.4 Å². The predicted octanol–water partition coefficient (Wildman–Crippen LogP) is 4.45. The molecule has 2 aromatic rings. The zero-order valence-corrected chi connectivity index (χ0v) is 11.8. The van der Waals surface area contributed by atoms with Crippen LogP contribution in [0.2, 0.25) is 0 Å². The molecule has 112 valence electrons. The smallest absolute Gasteiger partial charge is 0.416 e. The molecule has 7 heteroatoms. The Labute approximate surface area is 123 Å². The highest BCUT2D eigenvalue weighted by Gasteiger charge is 2.30. The number of halogens is 3. The first-order chi connectivity index (χ1) is 9.77. The molecule has 2 rings (SSSR count). The van der Waals surface area contributed by atoms with E-state index in [0.717, 1.165) is 12.1 Å². The van der Waals surface area contributed by atoms with Crippen molar-refractivity contribution >= 4 is 28.7 Å². The summed E-state index contributed by atoms with van der Waals surface area (Å²) in [5.41, 5.74) is 0.859. The Kier molecular flexibility index (Phi) is 4.22. The second-order valence-electron chi connectivity index (χ2n) is 4.48. The van der Waals surface area contributed by atoms with Crippen LogP contribution in [0.25, 0.3) is 0 Å². The molecule has 0 fully saturated rings. The van der Waals surface area contributed by atoms with Crippen LogP contribution in [-0.2, 0) is 17.4 Å². The average molecular weight is 315 g/mol. The van der Waals surface area contributed by atoms with Crippen LogP contribution in [0.5, 0.6) is 0 Å². The number of thiophene rings is 1. The van der Waals surface area contributed by atoms with Gasteiger partial charge in [-0.1, -0.05) is 0 Å². The van der Waals surface area contributed by atoms with E-state index in [-0.39, 0.29) is 6.42 Å². The van der Waals surface area contributed by atoms with Crippen LogP contribution in [0.15, 0.2) is 29.6 Å². The Morgan fingerprint density at radius 1 is 1.29 bits per heavy atom. The first-order valence-corrected chi connectivity index (χ1v) is 6.88. The number of aryl methyl sites for hydroxylation is 1. The molecule has 1 aromatic carbocycles.